The molecule has 1 amide bonds. The minimum absolute atomic E-state index is 0. The van der Waals surface area contributed by atoms with Crippen molar-refractivity contribution in [3.8, 4) is 11.3 Å². The Labute approximate surface area is 212 Å². The molecule has 1 aromatic carbocycles. The van der Waals surface area contributed by atoms with E-state index < -0.39 is 15.9 Å². The Bertz CT molecular complexity index is 1590. The Morgan fingerprint density at radius 3 is 2.72 bits per heavy atom. The normalized spacial score (nSPS) is 17.4. The maximum absolute atomic E-state index is 13.4. The zero-order valence-electron chi connectivity index (χ0n) is 20.3. The molecule has 0 spiro atoms. The number of sulfonamides is 1. The summed E-state index contributed by atoms with van der Waals surface area (Å²) in [7, 11) is -4.24. The molecule has 1 aliphatic rings. The summed E-state index contributed by atoms with van der Waals surface area (Å²) in [6.07, 6.45) is 4.17. The Morgan fingerprint density at radius 1 is 1.19 bits per heavy atom. The monoisotopic (exact) mass is 508 g/mol. The van der Waals surface area contributed by atoms with Crippen molar-refractivity contribution in [3.05, 3.63) is 66.5 Å². The standard InChI is InChI=1S/C26H28N6O3S.2H2/c1-16-14-26(2,3)32(15-16)24-19(25(33)31-36(34,35)22-8-5-12-29-23(22)27)9-10-21(30-24)17-6-4-7-20-18(17)11-13-28-20;;/h4-13,16,28H,14-15H2,1-3H3,(H2,27,29)(H,31,33);2*1H/t16-;;/m1../s1. The number of aromatic amines is 1. The van der Waals surface area contributed by atoms with Crippen LogP contribution in [0.15, 0.2) is 65.8 Å². The zero-order valence-corrected chi connectivity index (χ0v) is 21.1. The number of nitrogens with two attached hydrogens (primary N) is 1. The Balaban J connectivity index is 0.00000200. The maximum atomic E-state index is 13.4. The fourth-order valence-electron chi connectivity index (χ4n) is 5.11. The molecule has 4 aromatic rings. The topological polar surface area (TPSA) is 134 Å². The van der Waals surface area contributed by atoms with Crippen molar-refractivity contribution in [2.45, 2.75) is 37.6 Å². The van der Waals surface area contributed by atoms with Gasteiger partial charge in [-0.05, 0) is 62.6 Å². The first-order valence-corrected chi connectivity index (χ1v) is 13.2. The SMILES string of the molecule is C[C@H]1CN(c2nc(-c3cccc4[nH]ccc34)ccc2C(=O)NS(=O)(=O)c2cccnc2N)C(C)(C)C1.[HH].[HH]. The molecule has 36 heavy (non-hydrogen) atoms. The van der Waals surface area contributed by atoms with E-state index >= 15 is 0 Å². The summed E-state index contributed by atoms with van der Waals surface area (Å²) in [5, 5.41) is 1.01. The third kappa shape index (κ3) is 4.17. The van der Waals surface area contributed by atoms with Crippen molar-refractivity contribution in [2.24, 2.45) is 5.92 Å². The highest BCUT2D eigenvalue weighted by Crippen LogP contribution is 2.39. The maximum Gasteiger partial charge on any atom is 0.268 e. The Hall–Kier alpha value is -3.92. The highest BCUT2D eigenvalue weighted by molar-refractivity contribution is 7.90. The Kier molecular flexibility index (Phi) is 5.71. The fourth-order valence-corrected chi connectivity index (χ4v) is 6.16. The highest BCUT2D eigenvalue weighted by atomic mass is 32.2. The molecule has 1 fully saturated rings. The van der Waals surface area contributed by atoms with Crippen LogP contribution >= 0.6 is 0 Å². The number of benzene rings is 1. The van der Waals surface area contributed by atoms with Crippen LogP contribution in [0.4, 0.5) is 11.6 Å². The molecule has 9 nitrogen and oxygen atoms in total. The van der Waals surface area contributed by atoms with E-state index in [1.807, 2.05) is 30.5 Å². The predicted octanol–water partition coefficient (Wildman–Crippen LogP) is 4.44. The van der Waals surface area contributed by atoms with Gasteiger partial charge < -0.3 is 15.6 Å². The van der Waals surface area contributed by atoms with Crippen LogP contribution in [0.3, 0.4) is 0 Å². The number of aromatic nitrogens is 3. The summed E-state index contributed by atoms with van der Waals surface area (Å²) in [6.45, 7) is 7.06. The molecule has 4 heterocycles. The van der Waals surface area contributed by atoms with E-state index in [1.165, 1.54) is 18.3 Å². The summed E-state index contributed by atoms with van der Waals surface area (Å²) in [5.74, 6) is -0.127. The van der Waals surface area contributed by atoms with Crippen molar-refractivity contribution in [2.75, 3.05) is 17.2 Å². The fraction of sp³-hybridized carbons (Fsp3) is 0.269. The molecule has 1 aliphatic heterocycles. The van der Waals surface area contributed by atoms with Gasteiger partial charge in [0.05, 0.1) is 11.3 Å². The lowest BCUT2D eigenvalue weighted by molar-refractivity contribution is 0.0981. The van der Waals surface area contributed by atoms with Crippen molar-refractivity contribution >= 4 is 38.5 Å². The number of H-pyrrole nitrogens is 1. The lowest BCUT2D eigenvalue weighted by atomic mass is 9.97. The van der Waals surface area contributed by atoms with Gasteiger partial charge in [-0.2, -0.15) is 0 Å². The largest absolute Gasteiger partial charge is 0.383 e. The quantitative estimate of drug-likeness (QED) is 0.363. The van der Waals surface area contributed by atoms with Gasteiger partial charge in [0.2, 0.25) is 0 Å². The predicted molar refractivity (Wildman–Crippen MR) is 144 cm³/mol. The van der Waals surface area contributed by atoms with Crippen molar-refractivity contribution in [1.29, 1.82) is 0 Å². The Morgan fingerprint density at radius 2 is 2.00 bits per heavy atom. The average Bonchev–Trinajstić information content (AvgIpc) is 3.41. The van der Waals surface area contributed by atoms with Crippen molar-refractivity contribution in [1.82, 2.24) is 19.7 Å². The number of nitrogen functional groups attached to an aromatic ring is 1. The van der Waals surface area contributed by atoms with E-state index in [1.54, 1.807) is 12.1 Å². The van der Waals surface area contributed by atoms with E-state index in [0.29, 0.717) is 24.0 Å². The summed E-state index contributed by atoms with van der Waals surface area (Å²) >= 11 is 0. The van der Waals surface area contributed by atoms with Gasteiger partial charge in [0.1, 0.15) is 16.5 Å². The van der Waals surface area contributed by atoms with Gasteiger partial charge in [-0.25, -0.2) is 23.1 Å². The first-order valence-electron chi connectivity index (χ1n) is 11.7. The molecule has 0 radical (unpaired) electrons. The van der Waals surface area contributed by atoms with Crippen molar-refractivity contribution < 1.29 is 16.1 Å². The first kappa shape index (κ1) is 23.8. The summed E-state index contributed by atoms with van der Waals surface area (Å²) < 4.78 is 28.1. The molecule has 4 N–H and O–H groups in total. The third-order valence-corrected chi connectivity index (χ3v) is 8.01. The number of fused-ring (bicyclic) bond motifs is 1. The van der Waals surface area contributed by atoms with Gasteiger partial charge in [-0.3, -0.25) is 4.79 Å². The average molecular weight is 509 g/mol. The second-order valence-electron chi connectivity index (χ2n) is 9.87. The van der Waals surface area contributed by atoms with Gasteiger partial charge in [0, 0.05) is 43.8 Å². The molecule has 3 aromatic heterocycles. The van der Waals surface area contributed by atoms with Crippen LogP contribution in [-0.4, -0.2) is 41.4 Å². The van der Waals surface area contributed by atoms with E-state index in [9.17, 15) is 13.2 Å². The summed E-state index contributed by atoms with van der Waals surface area (Å²) in [4.78, 5) is 27.2. The van der Waals surface area contributed by atoms with Crippen LogP contribution in [0.5, 0.6) is 0 Å². The number of nitrogens with zero attached hydrogens (tertiary/aromatic N) is 3. The molecule has 0 bridgehead atoms. The molecule has 0 unspecified atom stereocenters. The molecular formula is C26H32N6O3S. The van der Waals surface area contributed by atoms with E-state index in [2.05, 4.69) is 40.4 Å². The lowest BCUT2D eigenvalue weighted by Gasteiger charge is -2.34. The second kappa shape index (κ2) is 8.63. The summed E-state index contributed by atoms with van der Waals surface area (Å²) in [5.41, 5.74) is 8.26. The number of nitrogens with one attached hydrogen (secondary N) is 2. The van der Waals surface area contributed by atoms with Crippen LogP contribution in [0.1, 0.15) is 40.4 Å². The number of hydrogen-bond acceptors (Lipinski definition) is 7. The molecule has 10 heteroatoms. The number of carbonyl (C=O) groups excluding carboxylic acids is 1. The van der Waals surface area contributed by atoms with Gasteiger partial charge in [0.25, 0.3) is 15.9 Å². The number of pyridine rings is 2. The van der Waals surface area contributed by atoms with E-state index in [0.717, 1.165) is 22.9 Å². The number of hydrogen-bond donors (Lipinski definition) is 3. The van der Waals surface area contributed by atoms with Crippen LogP contribution in [0.2, 0.25) is 0 Å². The number of amides is 1. The molecule has 190 valence electrons. The van der Waals surface area contributed by atoms with E-state index in [-0.39, 0.29) is 24.7 Å². The van der Waals surface area contributed by atoms with Crippen LogP contribution in [0, 0.1) is 5.92 Å². The number of anilines is 2. The molecule has 5 rings (SSSR count). The minimum Gasteiger partial charge on any atom is -0.383 e. The van der Waals surface area contributed by atoms with Gasteiger partial charge in [-0.1, -0.05) is 19.1 Å². The smallest absolute Gasteiger partial charge is 0.268 e. The number of rotatable bonds is 5. The second-order valence-corrected chi connectivity index (χ2v) is 11.5. The summed E-state index contributed by atoms with van der Waals surface area (Å²) in [6, 6.07) is 14.0. The van der Waals surface area contributed by atoms with Crippen LogP contribution in [-0.2, 0) is 10.0 Å². The highest BCUT2D eigenvalue weighted by Gasteiger charge is 2.39. The van der Waals surface area contributed by atoms with Gasteiger partial charge in [-0.15, -0.1) is 0 Å². The van der Waals surface area contributed by atoms with E-state index in [4.69, 9.17) is 10.7 Å². The number of carbonyl (C=O) groups is 1. The minimum atomic E-state index is -4.24. The van der Waals surface area contributed by atoms with Crippen LogP contribution < -0.4 is 15.4 Å². The first-order chi connectivity index (χ1) is 17.1. The molecule has 0 saturated carbocycles. The molecule has 1 saturated heterocycles. The molecule has 1 atom stereocenters. The van der Waals surface area contributed by atoms with Crippen molar-refractivity contribution in [3.63, 3.8) is 0 Å². The molecule has 0 aliphatic carbocycles. The van der Waals surface area contributed by atoms with Crippen LogP contribution in [0.25, 0.3) is 22.2 Å². The van der Waals surface area contributed by atoms with Gasteiger partial charge in [0.15, 0.2) is 0 Å². The molecular weight excluding hydrogens is 476 g/mol. The zero-order chi connectivity index (χ0) is 25.7. The third-order valence-electron chi connectivity index (χ3n) is 6.64. The van der Waals surface area contributed by atoms with Gasteiger partial charge >= 0.3 is 0 Å². The lowest BCUT2D eigenvalue weighted by Crippen LogP contribution is -2.41.